The second-order valence-electron chi connectivity index (χ2n) is 5.44. The monoisotopic (exact) mass is 415 g/mol. The van der Waals surface area contributed by atoms with Crippen LogP contribution in [0.2, 0.25) is 0 Å². The summed E-state index contributed by atoms with van der Waals surface area (Å²) in [6.07, 6.45) is 1.81. The molecule has 7 heteroatoms. The van der Waals surface area contributed by atoms with Crippen LogP contribution in [0.3, 0.4) is 0 Å². The molecule has 1 aromatic rings. The Hall–Kier alpha value is -1.76. The Bertz CT molecular complexity index is 634. The smallest absolute Gasteiger partial charge is 0.356 e. The molecule has 0 saturated heterocycles. The molecule has 1 unspecified atom stereocenters. The lowest BCUT2D eigenvalue weighted by Crippen LogP contribution is -2.34. The number of rotatable bonds is 10. The van der Waals surface area contributed by atoms with E-state index in [1.165, 1.54) is 13.2 Å². The van der Waals surface area contributed by atoms with Crippen LogP contribution in [0, 0.1) is 11.7 Å². The molecule has 0 N–H and O–H groups in total. The van der Waals surface area contributed by atoms with Gasteiger partial charge in [-0.15, -0.1) is 0 Å². The van der Waals surface area contributed by atoms with Crippen molar-refractivity contribution < 1.29 is 23.6 Å². The lowest BCUT2D eigenvalue weighted by Gasteiger charge is -2.17. The number of oxime groups is 1. The van der Waals surface area contributed by atoms with Crippen molar-refractivity contribution in [3.8, 4) is 0 Å². The number of nitrogens with zero attached hydrogens (tertiary/aromatic N) is 1. The number of halogens is 2. The van der Waals surface area contributed by atoms with Crippen molar-refractivity contribution in [1.29, 1.82) is 0 Å². The van der Waals surface area contributed by atoms with Gasteiger partial charge in [-0.25, -0.2) is 9.18 Å². The summed E-state index contributed by atoms with van der Waals surface area (Å²) in [6, 6.07) is 4.58. The van der Waals surface area contributed by atoms with E-state index in [1.807, 2.05) is 6.92 Å². The number of ether oxygens (including phenoxy) is 1. The Morgan fingerprint density at radius 1 is 1.32 bits per heavy atom. The molecule has 0 radical (unpaired) electrons. The van der Waals surface area contributed by atoms with Crippen LogP contribution in [-0.2, 0) is 25.6 Å². The van der Waals surface area contributed by atoms with E-state index in [0.717, 1.165) is 6.42 Å². The normalized spacial score (nSPS) is 12.6. The van der Waals surface area contributed by atoms with Crippen molar-refractivity contribution in [2.24, 2.45) is 11.1 Å². The predicted molar refractivity (Wildman–Crippen MR) is 96.9 cm³/mol. The first-order chi connectivity index (χ1) is 11.9. The second kappa shape index (κ2) is 11.0. The molecular weight excluding hydrogens is 393 g/mol. The van der Waals surface area contributed by atoms with E-state index in [9.17, 15) is 14.0 Å². The third-order valence-corrected chi connectivity index (χ3v) is 4.10. The Kier molecular flexibility index (Phi) is 9.34. The van der Waals surface area contributed by atoms with Gasteiger partial charge in [-0.3, -0.25) is 4.79 Å². The van der Waals surface area contributed by atoms with Gasteiger partial charge >= 0.3 is 5.97 Å². The van der Waals surface area contributed by atoms with Crippen molar-refractivity contribution in [2.45, 2.75) is 39.5 Å². The number of unbranched alkanes of at least 4 members (excludes halogenated alkanes) is 1. The summed E-state index contributed by atoms with van der Waals surface area (Å²) in [5.74, 6) is -2.28. The lowest BCUT2D eigenvalue weighted by atomic mass is 9.88. The highest BCUT2D eigenvalue weighted by Gasteiger charge is 2.32. The quantitative estimate of drug-likeness (QED) is 0.328. The molecule has 0 aliphatic carbocycles. The zero-order chi connectivity index (χ0) is 18.8. The number of esters is 1. The van der Waals surface area contributed by atoms with Gasteiger partial charge in [0.05, 0.1) is 12.5 Å². The molecule has 1 atom stereocenters. The highest BCUT2D eigenvalue weighted by atomic mass is 79.9. The van der Waals surface area contributed by atoms with E-state index in [4.69, 9.17) is 9.57 Å². The minimum absolute atomic E-state index is 0.0165. The van der Waals surface area contributed by atoms with Gasteiger partial charge < -0.3 is 9.57 Å². The molecule has 1 aromatic carbocycles. The van der Waals surface area contributed by atoms with Crippen LogP contribution >= 0.6 is 15.9 Å². The van der Waals surface area contributed by atoms with Gasteiger partial charge in [0.25, 0.3) is 0 Å². The highest BCUT2D eigenvalue weighted by Crippen LogP contribution is 2.21. The standard InChI is InChI=1S/C18H23BrFNO4/c1-4-6-7-16(22)14(17(21-24-3)18(23)25-5-2)10-12-8-9-13(19)11-15(12)20/h8-9,11,14H,4-7,10H2,1-3H3/b21-17-. The van der Waals surface area contributed by atoms with Crippen LogP contribution in [0.25, 0.3) is 0 Å². The highest BCUT2D eigenvalue weighted by molar-refractivity contribution is 9.10. The van der Waals surface area contributed by atoms with E-state index >= 15 is 0 Å². The first kappa shape index (κ1) is 21.3. The molecule has 1 rings (SSSR count). The molecule has 0 aromatic heterocycles. The minimum Gasteiger partial charge on any atom is -0.461 e. The van der Waals surface area contributed by atoms with Gasteiger partial charge in [-0.05, 0) is 37.5 Å². The molecule has 25 heavy (non-hydrogen) atoms. The van der Waals surface area contributed by atoms with Crippen LogP contribution in [0.5, 0.6) is 0 Å². The SMILES string of the molecule is CCCCC(=O)C(Cc1ccc(Br)cc1F)/C(=N/OC)C(=O)OCC. The number of benzene rings is 1. The van der Waals surface area contributed by atoms with Crippen molar-refractivity contribution in [3.63, 3.8) is 0 Å². The summed E-state index contributed by atoms with van der Waals surface area (Å²) in [6.45, 7) is 3.76. The van der Waals surface area contributed by atoms with Gasteiger partial charge in [0.1, 0.15) is 18.7 Å². The zero-order valence-electron chi connectivity index (χ0n) is 14.7. The second-order valence-corrected chi connectivity index (χ2v) is 6.36. The van der Waals surface area contributed by atoms with Crippen molar-refractivity contribution in [2.75, 3.05) is 13.7 Å². The van der Waals surface area contributed by atoms with E-state index in [-0.39, 0.29) is 30.9 Å². The Morgan fingerprint density at radius 2 is 2.04 bits per heavy atom. The van der Waals surface area contributed by atoms with Gasteiger partial charge in [0.2, 0.25) is 0 Å². The minimum atomic E-state index is -0.916. The number of carbonyl (C=O) groups is 2. The maximum absolute atomic E-state index is 14.2. The van der Waals surface area contributed by atoms with Gasteiger partial charge in [0, 0.05) is 10.9 Å². The fraction of sp³-hybridized carbons (Fsp3) is 0.500. The summed E-state index contributed by atoms with van der Waals surface area (Å²) in [7, 11) is 1.28. The lowest BCUT2D eigenvalue weighted by molar-refractivity contribution is -0.136. The Labute approximate surface area is 155 Å². The molecular formula is C18H23BrFNO4. The summed E-state index contributed by atoms with van der Waals surface area (Å²) in [4.78, 5) is 29.6. The van der Waals surface area contributed by atoms with Gasteiger partial charge in [-0.1, -0.05) is 40.5 Å². The van der Waals surface area contributed by atoms with Crippen LogP contribution in [0.1, 0.15) is 38.7 Å². The zero-order valence-corrected chi connectivity index (χ0v) is 16.3. The number of hydrogen-bond donors (Lipinski definition) is 0. The maximum Gasteiger partial charge on any atom is 0.356 e. The molecule has 0 aliphatic heterocycles. The predicted octanol–water partition coefficient (Wildman–Crippen LogP) is 4.07. The Morgan fingerprint density at radius 3 is 2.60 bits per heavy atom. The van der Waals surface area contributed by atoms with Gasteiger partial charge in [0.15, 0.2) is 5.71 Å². The third-order valence-electron chi connectivity index (χ3n) is 3.61. The van der Waals surface area contributed by atoms with Crippen LogP contribution < -0.4 is 0 Å². The third kappa shape index (κ3) is 6.57. The topological polar surface area (TPSA) is 65.0 Å². The van der Waals surface area contributed by atoms with E-state index in [2.05, 4.69) is 21.1 Å². The first-order valence-corrected chi connectivity index (χ1v) is 8.98. The Balaban J connectivity index is 3.19. The van der Waals surface area contributed by atoms with Crippen LogP contribution in [0.15, 0.2) is 27.8 Å². The number of ketones is 1. The molecule has 0 bridgehead atoms. The molecule has 0 heterocycles. The number of hydrogen-bond acceptors (Lipinski definition) is 5. The van der Waals surface area contributed by atoms with Crippen molar-refractivity contribution in [3.05, 3.63) is 34.1 Å². The summed E-state index contributed by atoms with van der Waals surface area (Å²) in [5, 5.41) is 3.71. The van der Waals surface area contributed by atoms with Crippen LogP contribution in [-0.4, -0.2) is 31.2 Å². The summed E-state index contributed by atoms with van der Waals surface area (Å²) in [5.41, 5.74) is 0.193. The average molecular weight is 416 g/mol. The average Bonchev–Trinajstić information content (AvgIpc) is 2.57. The fourth-order valence-corrected chi connectivity index (χ4v) is 2.68. The molecule has 138 valence electrons. The van der Waals surface area contributed by atoms with Crippen LogP contribution in [0.4, 0.5) is 4.39 Å². The number of Topliss-reactive ketones (excluding diaryl/α,β-unsaturated/α-hetero) is 1. The van der Waals surface area contributed by atoms with E-state index in [0.29, 0.717) is 16.5 Å². The van der Waals surface area contributed by atoms with E-state index in [1.54, 1.807) is 19.1 Å². The van der Waals surface area contributed by atoms with Gasteiger partial charge in [-0.2, -0.15) is 0 Å². The maximum atomic E-state index is 14.2. The number of carbonyl (C=O) groups excluding carboxylic acids is 2. The van der Waals surface area contributed by atoms with E-state index < -0.39 is 17.7 Å². The molecule has 0 amide bonds. The molecule has 0 spiro atoms. The molecule has 5 nitrogen and oxygen atoms in total. The molecule has 0 aliphatic rings. The summed E-state index contributed by atoms with van der Waals surface area (Å²) >= 11 is 3.20. The first-order valence-electron chi connectivity index (χ1n) is 8.19. The summed E-state index contributed by atoms with van der Waals surface area (Å²) < 4.78 is 19.8. The van der Waals surface area contributed by atoms with Crippen molar-refractivity contribution >= 4 is 33.4 Å². The fourth-order valence-electron chi connectivity index (χ4n) is 2.34. The largest absolute Gasteiger partial charge is 0.461 e. The molecule has 0 saturated carbocycles. The van der Waals surface area contributed by atoms with Crippen molar-refractivity contribution in [1.82, 2.24) is 0 Å². The molecule has 0 fully saturated rings.